The second-order valence-electron chi connectivity index (χ2n) is 5.11. The summed E-state index contributed by atoms with van der Waals surface area (Å²) in [6, 6.07) is 9.54. The van der Waals surface area contributed by atoms with E-state index in [1.807, 2.05) is 43.5 Å². The van der Waals surface area contributed by atoms with Crippen LogP contribution in [0.4, 0.5) is 0 Å². The molecule has 6 nitrogen and oxygen atoms in total. The van der Waals surface area contributed by atoms with E-state index < -0.39 is 5.97 Å². The zero-order valence-corrected chi connectivity index (χ0v) is 13.0. The van der Waals surface area contributed by atoms with Gasteiger partial charge in [-0.2, -0.15) is 5.10 Å². The van der Waals surface area contributed by atoms with Gasteiger partial charge in [0.1, 0.15) is 17.9 Å². The van der Waals surface area contributed by atoms with Crippen LogP contribution >= 0.6 is 0 Å². The van der Waals surface area contributed by atoms with E-state index in [9.17, 15) is 4.79 Å². The average molecular weight is 311 g/mol. The first-order valence-electron chi connectivity index (χ1n) is 7.40. The lowest BCUT2D eigenvalue weighted by molar-refractivity contribution is 0.0469. The summed E-state index contributed by atoms with van der Waals surface area (Å²) in [6.45, 7) is 3.83. The van der Waals surface area contributed by atoms with Gasteiger partial charge in [-0.15, -0.1) is 0 Å². The van der Waals surface area contributed by atoms with Crippen molar-refractivity contribution in [1.82, 2.24) is 14.9 Å². The van der Waals surface area contributed by atoms with Crippen molar-refractivity contribution in [1.29, 1.82) is 0 Å². The Kier molecular flexibility index (Phi) is 4.23. The van der Waals surface area contributed by atoms with Gasteiger partial charge >= 0.3 is 5.97 Å². The molecule has 0 N–H and O–H groups in total. The number of ether oxygens (including phenoxy) is 1. The summed E-state index contributed by atoms with van der Waals surface area (Å²) in [5, 5.41) is 8.03. The van der Waals surface area contributed by atoms with Crippen molar-refractivity contribution in [3.8, 4) is 5.69 Å². The van der Waals surface area contributed by atoms with Crippen LogP contribution in [-0.4, -0.2) is 20.9 Å². The maximum atomic E-state index is 12.2. The lowest BCUT2D eigenvalue weighted by atomic mass is 10.1. The molecule has 0 saturated carbocycles. The molecule has 0 spiro atoms. The van der Waals surface area contributed by atoms with Gasteiger partial charge in [0.15, 0.2) is 0 Å². The van der Waals surface area contributed by atoms with Crippen LogP contribution in [0, 0.1) is 6.92 Å². The molecule has 0 atom stereocenters. The summed E-state index contributed by atoms with van der Waals surface area (Å²) in [6.07, 6.45) is 4.22. The lowest BCUT2D eigenvalue weighted by Gasteiger charge is -2.06. The zero-order chi connectivity index (χ0) is 16.2. The van der Waals surface area contributed by atoms with E-state index in [4.69, 9.17) is 9.26 Å². The summed E-state index contributed by atoms with van der Waals surface area (Å²) in [7, 11) is 0. The minimum atomic E-state index is -0.406. The normalized spacial score (nSPS) is 10.7. The highest BCUT2D eigenvalue weighted by Gasteiger charge is 2.20. The number of carbonyl (C=O) groups is 1. The molecule has 118 valence electrons. The molecule has 0 aliphatic carbocycles. The van der Waals surface area contributed by atoms with Crippen molar-refractivity contribution in [2.24, 2.45) is 0 Å². The van der Waals surface area contributed by atoms with Crippen molar-refractivity contribution >= 4 is 5.97 Å². The Morgan fingerprint density at radius 3 is 2.74 bits per heavy atom. The molecule has 0 unspecified atom stereocenters. The molecule has 2 aromatic heterocycles. The van der Waals surface area contributed by atoms with Crippen LogP contribution in [0.15, 0.2) is 47.2 Å². The smallest absolute Gasteiger partial charge is 0.344 e. The van der Waals surface area contributed by atoms with Crippen molar-refractivity contribution in [3.05, 3.63) is 65.3 Å². The maximum Gasteiger partial charge on any atom is 0.344 e. The molecule has 0 radical (unpaired) electrons. The monoisotopic (exact) mass is 311 g/mol. The summed E-state index contributed by atoms with van der Waals surface area (Å²) >= 11 is 0. The third kappa shape index (κ3) is 3.15. The van der Waals surface area contributed by atoms with Crippen LogP contribution in [0.25, 0.3) is 5.69 Å². The Labute approximate surface area is 133 Å². The molecule has 0 aliphatic rings. The number of nitrogens with zero attached hydrogens (tertiary/aromatic N) is 3. The highest BCUT2D eigenvalue weighted by atomic mass is 16.5. The standard InChI is InChI=1S/C17H17N3O3/c1-3-15-16(12(2)23-19-15)17(21)22-11-13-5-7-14(8-6-13)20-10-4-9-18-20/h4-10H,3,11H2,1-2H3. The van der Waals surface area contributed by atoms with E-state index in [0.29, 0.717) is 23.4 Å². The van der Waals surface area contributed by atoms with Gasteiger partial charge < -0.3 is 9.26 Å². The Hall–Kier alpha value is -2.89. The molecule has 3 aromatic rings. The Balaban J connectivity index is 1.66. The number of carbonyl (C=O) groups excluding carboxylic acids is 1. The predicted molar refractivity (Wildman–Crippen MR) is 83.3 cm³/mol. The molecular formula is C17H17N3O3. The fraction of sp³-hybridized carbons (Fsp3) is 0.235. The highest BCUT2D eigenvalue weighted by molar-refractivity contribution is 5.91. The van der Waals surface area contributed by atoms with E-state index in [1.54, 1.807) is 17.8 Å². The summed E-state index contributed by atoms with van der Waals surface area (Å²) < 4.78 is 12.2. The largest absolute Gasteiger partial charge is 0.457 e. The van der Waals surface area contributed by atoms with E-state index >= 15 is 0 Å². The number of hydrogen-bond acceptors (Lipinski definition) is 5. The van der Waals surface area contributed by atoms with E-state index in [1.165, 1.54) is 0 Å². The number of esters is 1. The first-order chi connectivity index (χ1) is 11.2. The van der Waals surface area contributed by atoms with Crippen LogP contribution in [0.2, 0.25) is 0 Å². The minimum absolute atomic E-state index is 0.200. The second kappa shape index (κ2) is 6.48. The molecule has 3 rings (SSSR count). The van der Waals surface area contributed by atoms with Gasteiger partial charge in [0, 0.05) is 12.4 Å². The number of hydrogen-bond donors (Lipinski definition) is 0. The van der Waals surface area contributed by atoms with Gasteiger partial charge in [0.2, 0.25) is 0 Å². The molecular weight excluding hydrogens is 294 g/mol. The van der Waals surface area contributed by atoms with Gasteiger partial charge in [0.05, 0.1) is 11.4 Å². The van der Waals surface area contributed by atoms with E-state index in [0.717, 1.165) is 11.3 Å². The van der Waals surface area contributed by atoms with E-state index in [2.05, 4.69) is 10.3 Å². The van der Waals surface area contributed by atoms with Crippen molar-refractivity contribution in [2.45, 2.75) is 26.9 Å². The second-order valence-corrected chi connectivity index (χ2v) is 5.11. The summed E-state index contributed by atoms with van der Waals surface area (Å²) in [5.41, 5.74) is 2.91. The maximum absolute atomic E-state index is 12.2. The van der Waals surface area contributed by atoms with Crippen LogP contribution < -0.4 is 0 Å². The molecule has 2 heterocycles. The first kappa shape index (κ1) is 15.0. The molecule has 0 aliphatic heterocycles. The Morgan fingerprint density at radius 2 is 2.09 bits per heavy atom. The average Bonchev–Trinajstić information content (AvgIpc) is 3.22. The van der Waals surface area contributed by atoms with Crippen LogP contribution in [-0.2, 0) is 17.8 Å². The minimum Gasteiger partial charge on any atom is -0.457 e. The fourth-order valence-electron chi connectivity index (χ4n) is 2.31. The zero-order valence-electron chi connectivity index (χ0n) is 13.0. The molecule has 0 amide bonds. The van der Waals surface area contributed by atoms with Gasteiger partial charge in [-0.25, -0.2) is 9.48 Å². The van der Waals surface area contributed by atoms with Crippen molar-refractivity contribution < 1.29 is 14.1 Å². The third-order valence-corrected chi connectivity index (χ3v) is 3.55. The summed E-state index contributed by atoms with van der Waals surface area (Å²) in [4.78, 5) is 12.2. The van der Waals surface area contributed by atoms with Crippen molar-refractivity contribution in [2.75, 3.05) is 0 Å². The quantitative estimate of drug-likeness (QED) is 0.677. The molecule has 6 heteroatoms. The van der Waals surface area contributed by atoms with Crippen LogP contribution in [0.3, 0.4) is 0 Å². The Bertz CT molecular complexity index is 789. The highest BCUT2D eigenvalue weighted by Crippen LogP contribution is 2.16. The summed E-state index contributed by atoms with van der Waals surface area (Å²) in [5.74, 6) is 0.0811. The number of aryl methyl sites for hydroxylation is 2. The molecule has 0 fully saturated rings. The van der Waals surface area contributed by atoms with Gasteiger partial charge in [0.25, 0.3) is 0 Å². The molecule has 1 aromatic carbocycles. The number of benzene rings is 1. The number of rotatable bonds is 5. The third-order valence-electron chi connectivity index (χ3n) is 3.55. The molecule has 0 bridgehead atoms. The van der Waals surface area contributed by atoms with Gasteiger partial charge in [-0.1, -0.05) is 24.2 Å². The van der Waals surface area contributed by atoms with Crippen LogP contribution in [0.1, 0.15) is 34.3 Å². The van der Waals surface area contributed by atoms with Gasteiger partial charge in [-0.05, 0) is 37.1 Å². The Morgan fingerprint density at radius 1 is 1.30 bits per heavy atom. The van der Waals surface area contributed by atoms with Crippen LogP contribution in [0.5, 0.6) is 0 Å². The fourth-order valence-corrected chi connectivity index (χ4v) is 2.31. The number of aromatic nitrogens is 3. The topological polar surface area (TPSA) is 70.2 Å². The lowest BCUT2D eigenvalue weighted by Crippen LogP contribution is -2.08. The molecule has 0 saturated heterocycles. The van der Waals surface area contributed by atoms with Crippen molar-refractivity contribution in [3.63, 3.8) is 0 Å². The van der Waals surface area contributed by atoms with Gasteiger partial charge in [-0.3, -0.25) is 0 Å². The SMILES string of the molecule is CCc1noc(C)c1C(=O)OCc1ccc(-n2cccn2)cc1. The van der Waals surface area contributed by atoms with E-state index in [-0.39, 0.29) is 6.61 Å². The first-order valence-corrected chi connectivity index (χ1v) is 7.40. The molecule has 23 heavy (non-hydrogen) atoms. The predicted octanol–water partition coefficient (Wildman–Crippen LogP) is 3.09.